The molecule has 1 N–H and O–H groups in total. The van der Waals surface area contributed by atoms with Crippen molar-refractivity contribution in [3.8, 4) is 0 Å². The predicted molar refractivity (Wildman–Crippen MR) is 61.7 cm³/mol. The van der Waals surface area contributed by atoms with Crippen LogP contribution in [0.15, 0.2) is 24.3 Å². The van der Waals surface area contributed by atoms with Gasteiger partial charge in [-0.05, 0) is 19.1 Å². The first kappa shape index (κ1) is 18.6. The van der Waals surface area contributed by atoms with E-state index in [9.17, 15) is 4.79 Å². The second-order valence-corrected chi connectivity index (χ2v) is 3.26. The van der Waals surface area contributed by atoms with Crippen molar-refractivity contribution in [1.82, 2.24) is 0 Å². The van der Waals surface area contributed by atoms with Gasteiger partial charge in [-0.25, -0.2) is 4.79 Å². The van der Waals surface area contributed by atoms with Crippen LogP contribution >= 0.6 is 23.2 Å². The summed E-state index contributed by atoms with van der Waals surface area (Å²) in [4.78, 5) is 9.63. The molecule has 0 unspecified atom stereocenters. The summed E-state index contributed by atoms with van der Waals surface area (Å²) < 4.78 is 4.50. The fourth-order valence-electron chi connectivity index (χ4n) is 0.629. The average molecular weight is 275 g/mol. The van der Waals surface area contributed by atoms with Gasteiger partial charge < -0.3 is 11.3 Å². The molecule has 0 aliphatic carbocycles. The molecule has 16 heavy (non-hydrogen) atoms. The number of benzene rings is 1. The zero-order chi connectivity index (χ0) is 11.7. The molecule has 0 aromatic heterocycles. The van der Waals surface area contributed by atoms with Crippen LogP contribution in [0.1, 0.15) is 8.35 Å². The van der Waals surface area contributed by atoms with Crippen molar-refractivity contribution < 1.29 is 45.6 Å². The molecule has 1 aromatic carbocycles. The maximum Gasteiger partial charge on any atom is 1.00 e. The van der Waals surface area contributed by atoms with E-state index in [-0.39, 0.29) is 37.6 Å². The van der Waals surface area contributed by atoms with Crippen LogP contribution in [-0.2, 0) is 9.53 Å². The van der Waals surface area contributed by atoms with Crippen molar-refractivity contribution >= 4 is 29.2 Å². The summed E-state index contributed by atoms with van der Waals surface area (Å²) in [6, 6.07) is 7.19. The first-order valence-corrected chi connectivity index (χ1v) is 5.03. The molecule has 3 nitrogen and oxygen atoms in total. The summed E-state index contributed by atoms with van der Waals surface area (Å²) in [6.45, 7) is 2.03. The van der Waals surface area contributed by atoms with Gasteiger partial charge in [0.2, 0.25) is 0 Å². The van der Waals surface area contributed by atoms with Gasteiger partial charge in [-0.2, -0.15) is 0 Å². The van der Waals surface area contributed by atoms with Crippen molar-refractivity contribution in [3.05, 3.63) is 34.3 Å². The molecule has 0 fully saturated rings. The first-order chi connectivity index (χ1) is 7.07. The number of hydrogen-bond acceptors (Lipinski definition) is 2. The van der Waals surface area contributed by atoms with Crippen LogP contribution in [0, 0.1) is 0 Å². The van der Waals surface area contributed by atoms with Crippen LogP contribution < -0.4 is 29.6 Å². The molecule has 6 heteroatoms. The van der Waals surface area contributed by atoms with Gasteiger partial charge in [0.1, 0.15) is 6.61 Å². The summed E-state index contributed by atoms with van der Waals surface area (Å²) in [7, 11) is 0. The summed E-state index contributed by atoms with van der Waals surface area (Å²) >= 11 is 11.2. The van der Waals surface area contributed by atoms with E-state index in [1.54, 1.807) is 19.1 Å². The van der Waals surface area contributed by atoms with Crippen LogP contribution in [0.2, 0.25) is 10.0 Å². The number of rotatable bonds is 3. The molecule has 0 bridgehead atoms. The third-order valence-corrected chi connectivity index (χ3v) is 2.01. The third kappa shape index (κ3) is 10.7. The molecule has 0 heterocycles. The van der Waals surface area contributed by atoms with Crippen LogP contribution in [0.25, 0.3) is 0 Å². The van der Waals surface area contributed by atoms with Crippen LogP contribution in [0.3, 0.4) is 0 Å². The Balaban J connectivity index is -0.000000208. The van der Waals surface area contributed by atoms with E-state index in [0.29, 0.717) is 16.7 Å². The molecule has 0 atom stereocenters. The summed E-state index contributed by atoms with van der Waals surface area (Å²) in [5.41, 5.74) is 0. The number of aliphatic carboxylic acids is 1. The van der Waals surface area contributed by atoms with E-state index in [1.807, 2.05) is 12.1 Å². The van der Waals surface area contributed by atoms with Gasteiger partial charge in [0.15, 0.2) is 0 Å². The van der Waals surface area contributed by atoms with Gasteiger partial charge in [0.05, 0.1) is 10.0 Å². The topological polar surface area (TPSA) is 46.5 Å². The van der Waals surface area contributed by atoms with Gasteiger partial charge in [-0.1, -0.05) is 35.3 Å². The Labute approximate surface area is 128 Å². The molecule has 0 saturated heterocycles. The maximum absolute atomic E-state index is 9.63. The molecule has 0 aliphatic heterocycles. The second-order valence-electron chi connectivity index (χ2n) is 2.44. The normalized spacial score (nSPS) is 8.44. The minimum Gasteiger partial charge on any atom is -1.00 e. The van der Waals surface area contributed by atoms with Crippen molar-refractivity contribution in [2.75, 3.05) is 13.2 Å². The van der Waals surface area contributed by atoms with Crippen LogP contribution in [-0.4, -0.2) is 24.3 Å². The molecule has 1 aromatic rings. The molecule has 1 rings (SSSR count). The standard InChI is InChI=1S/C6H4Cl2.C4H8O3.Na.H/c7-5-3-1-2-4-6(5)8;1-2-7-3-4(5)6;;/h1-4H;2-3H2,1H3,(H,5,6);;/q;;+1;-1. The Hall–Kier alpha value is 0.230. The Morgan fingerprint density at radius 1 is 1.38 bits per heavy atom. The van der Waals surface area contributed by atoms with Crippen molar-refractivity contribution in [2.45, 2.75) is 6.92 Å². The van der Waals surface area contributed by atoms with Gasteiger partial charge in [0, 0.05) is 6.61 Å². The summed E-state index contributed by atoms with van der Waals surface area (Å²) in [5.74, 6) is -0.915. The van der Waals surface area contributed by atoms with Gasteiger partial charge in [0.25, 0.3) is 0 Å². The number of carboxylic acids is 1. The zero-order valence-corrected chi connectivity index (χ0v) is 12.8. The van der Waals surface area contributed by atoms with Crippen molar-refractivity contribution in [3.63, 3.8) is 0 Å². The number of carbonyl (C=O) groups is 1. The Morgan fingerprint density at radius 3 is 2.00 bits per heavy atom. The molecule has 0 saturated carbocycles. The zero-order valence-electron chi connectivity index (χ0n) is 10.2. The largest absolute Gasteiger partial charge is 1.00 e. The fraction of sp³-hybridized carbons (Fsp3) is 0.300. The van der Waals surface area contributed by atoms with E-state index in [2.05, 4.69) is 4.74 Å². The third-order valence-electron chi connectivity index (χ3n) is 1.25. The van der Waals surface area contributed by atoms with Crippen LogP contribution in [0.4, 0.5) is 0 Å². The molecule has 0 amide bonds. The van der Waals surface area contributed by atoms with Crippen molar-refractivity contribution in [2.24, 2.45) is 0 Å². The van der Waals surface area contributed by atoms with Gasteiger partial charge in [-0.15, -0.1) is 0 Å². The van der Waals surface area contributed by atoms with E-state index in [0.717, 1.165) is 0 Å². The Kier molecular flexibility index (Phi) is 13.6. The Morgan fingerprint density at radius 2 is 1.81 bits per heavy atom. The van der Waals surface area contributed by atoms with Crippen LogP contribution in [0.5, 0.6) is 0 Å². The molecule has 0 aliphatic rings. The molecule has 86 valence electrons. The smallest absolute Gasteiger partial charge is 1.00 e. The predicted octanol–water partition coefficient (Wildman–Crippen LogP) is 0.217. The number of carboxylic acid groups (broad SMARTS) is 1. The maximum atomic E-state index is 9.63. The minimum atomic E-state index is -0.915. The average Bonchev–Trinajstić information content (AvgIpc) is 2.20. The molecule has 0 spiro atoms. The molecular formula is C10H13Cl2NaO3. The number of halogens is 2. The number of ether oxygens (including phenoxy) is 1. The number of hydrogen-bond donors (Lipinski definition) is 1. The quantitative estimate of drug-likeness (QED) is 0.803. The first-order valence-electron chi connectivity index (χ1n) is 4.27. The van der Waals surface area contributed by atoms with Crippen molar-refractivity contribution in [1.29, 1.82) is 0 Å². The summed E-state index contributed by atoms with van der Waals surface area (Å²) in [6.07, 6.45) is 0. The fourth-order valence-corrected chi connectivity index (χ4v) is 0.900. The van der Waals surface area contributed by atoms with E-state index in [1.165, 1.54) is 0 Å². The van der Waals surface area contributed by atoms with E-state index >= 15 is 0 Å². The van der Waals surface area contributed by atoms with Gasteiger partial charge >= 0.3 is 35.5 Å². The van der Waals surface area contributed by atoms with Gasteiger partial charge in [-0.3, -0.25) is 0 Å². The minimum absolute atomic E-state index is 0. The Bertz CT molecular complexity index is 292. The summed E-state index contributed by atoms with van der Waals surface area (Å²) in [5, 5.41) is 9.13. The molecule has 0 radical (unpaired) electrons. The monoisotopic (exact) mass is 274 g/mol. The SMILES string of the molecule is CCOCC(=O)O.Clc1ccccc1Cl.[H-].[Na+]. The second kappa shape index (κ2) is 11.7. The van der Waals surface area contributed by atoms with E-state index in [4.69, 9.17) is 28.3 Å². The molecular weight excluding hydrogens is 262 g/mol. The van der Waals surface area contributed by atoms with E-state index < -0.39 is 5.97 Å².